The van der Waals surface area contributed by atoms with Gasteiger partial charge in [0.15, 0.2) is 0 Å². The third-order valence-electron chi connectivity index (χ3n) is 5.42. The molecule has 0 aliphatic heterocycles. The summed E-state index contributed by atoms with van der Waals surface area (Å²) in [4.78, 5) is 32.9. The monoisotopic (exact) mass is 474 g/mol. The first-order chi connectivity index (χ1) is 17.1. The van der Waals surface area contributed by atoms with E-state index in [1.165, 1.54) is 9.58 Å². The molecule has 10 nitrogen and oxygen atoms in total. The van der Waals surface area contributed by atoms with Crippen LogP contribution in [-0.4, -0.2) is 59.2 Å². The zero-order valence-corrected chi connectivity index (χ0v) is 19.5. The van der Waals surface area contributed by atoms with Gasteiger partial charge in [-0.05, 0) is 30.3 Å². The number of carbonyl (C=O) groups is 2. The number of rotatable bonds is 10. The quantitative estimate of drug-likeness (QED) is 0.351. The van der Waals surface area contributed by atoms with Crippen molar-refractivity contribution in [3.8, 4) is 5.75 Å². The van der Waals surface area contributed by atoms with Gasteiger partial charge in [0.2, 0.25) is 11.8 Å². The Bertz CT molecular complexity index is 1290. The van der Waals surface area contributed by atoms with Crippen LogP contribution in [0.1, 0.15) is 11.6 Å². The van der Waals surface area contributed by atoms with E-state index in [-0.39, 0.29) is 18.4 Å². The van der Waals surface area contributed by atoms with Gasteiger partial charge in [0.05, 0.1) is 19.2 Å². The topological polar surface area (TPSA) is 111 Å². The molecule has 0 radical (unpaired) electrons. The first-order valence-electron chi connectivity index (χ1n) is 11.0. The summed E-state index contributed by atoms with van der Waals surface area (Å²) in [5.41, 5.74) is 2.44. The Morgan fingerprint density at radius 3 is 2.71 bits per heavy atom. The van der Waals surface area contributed by atoms with Crippen LogP contribution in [-0.2, 0) is 20.9 Å². The Balaban J connectivity index is 1.77. The van der Waals surface area contributed by atoms with Crippen molar-refractivity contribution in [2.24, 2.45) is 0 Å². The minimum atomic E-state index is -0.991. The van der Waals surface area contributed by atoms with E-state index in [1.54, 1.807) is 63.0 Å². The fourth-order valence-electron chi connectivity index (χ4n) is 3.76. The summed E-state index contributed by atoms with van der Waals surface area (Å²) < 4.78 is 12.0. The van der Waals surface area contributed by atoms with E-state index >= 15 is 0 Å². The fourth-order valence-corrected chi connectivity index (χ4v) is 3.76. The van der Waals surface area contributed by atoms with Gasteiger partial charge in [0.25, 0.3) is 0 Å². The molecule has 2 amide bonds. The predicted molar refractivity (Wildman–Crippen MR) is 130 cm³/mol. The minimum absolute atomic E-state index is 0.125. The lowest BCUT2D eigenvalue weighted by Gasteiger charge is -2.31. The summed E-state index contributed by atoms with van der Waals surface area (Å²) in [6, 6.07) is 16.9. The lowest BCUT2D eigenvalue weighted by Crippen LogP contribution is -2.46. The summed E-state index contributed by atoms with van der Waals surface area (Å²) >= 11 is 0. The molecule has 0 aliphatic rings. The molecule has 1 unspecified atom stereocenters. The number of carbonyl (C=O) groups excluding carboxylic acids is 2. The second kappa shape index (κ2) is 11.2. The largest absolute Gasteiger partial charge is 0.497 e. The van der Waals surface area contributed by atoms with Crippen LogP contribution in [0.15, 0.2) is 73.1 Å². The van der Waals surface area contributed by atoms with Gasteiger partial charge >= 0.3 is 0 Å². The summed E-state index contributed by atoms with van der Waals surface area (Å²) in [5.74, 6) is -0.171. The normalized spacial score (nSPS) is 11.7. The lowest BCUT2D eigenvalue weighted by atomic mass is 10.0. The molecule has 4 aromatic rings. The fraction of sp³-hybridized carbons (Fsp3) is 0.240. The van der Waals surface area contributed by atoms with E-state index in [2.05, 4.69) is 20.6 Å². The molecule has 0 bridgehead atoms. The molecule has 0 aliphatic carbocycles. The second-order valence-electron chi connectivity index (χ2n) is 7.67. The van der Waals surface area contributed by atoms with Crippen LogP contribution in [0.3, 0.4) is 0 Å². The van der Waals surface area contributed by atoms with E-state index in [0.717, 1.165) is 0 Å². The Morgan fingerprint density at radius 1 is 1.09 bits per heavy atom. The average Bonchev–Trinajstić information content (AvgIpc) is 3.30. The smallest absolute Gasteiger partial charge is 0.249 e. The molecule has 2 heterocycles. The van der Waals surface area contributed by atoms with Gasteiger partial charge in [0.1, 0.15) is 23.9 Å². The number of pyridine rings is 1. The molecule has 1 atom stereocenters. The summed E-state index contributed by atoms with van der Waals surface area (Å²) in [7, 11) is 3.10. The highest BCUT2D eigenvalue weighted by Gasteiger charge is 2.33. The Labute approximate surface area is 202 Å². The molecule has 2 aromatic carbocycles. The highest BCUT2D eigenvalue weighted by molar-refractivity contribution is 6.01. The number of hydrogen-bond donors (Lipinski definition) is 1. The molecular weight excluding hydrogens is 448 g/mol. The lowest BCUT2D eigenvalue weighted by molar-refractivity contribution is -0.127. The van der Waals surface area contributed by atoms with Gasteiger partial charge in [-0.3, -0.25) is 19.5 Å². The van der Waals surface area contributed by atoms with Crippen molar-refractivity contribution in [1.82, 2.24) is 25.3 Å². The molecule has 180 valence electrons. The Morgan fingerprint density at radius 2 is 1.94 bits per heavy atom. The summed E-state index contributed by atoms with van der Waals surface area (Å²) in [5, 5.41) is 11.1. The van der Waals surface area contributed by atoms with E-state index in [0.29, 0.717) is 41.2 Å². The molecule has 0 saturated carbocycles. The summed E-state index contributed by atoms with van der Waals surface area (Å²) in [6.45, 7) is 0.503. The SMILES string of the molecule is COCCNC(=O)C(c1cccnc1)N(C(=O)Cn1nnc2ccccc21)c1cccc(OC)c1. The van der Waals surface area contributed by atoms with Crippen molar-refractivity contribution in [2.75, 3.05) is 32.3 Å². The predicted octanol–water partition coefficient (Wildman–Crippen LogP) is 2.37. The molecule has 2 aromatic heterocycles. The van der Waals surface area contributed by atoms with E-state index in [9.17, 15) is 9.59 Å². The maximum Gasteiger partial charge on any atom is 0.249 e. The number of benzene rings is 2. The van der Waals surface area contributed by atoms with Crippen molar-refractivity contribution in [2.45, 2.75) is 12.6 Å². The number of anilines is 1. The van der Waals surface area contributed by atoms with Crippen LogP contribution in [0.2, 0.25) is 0 Å². The van der Waals surface area contributed by atoms with E-state index in [4.69, 9.17) is 9.47 Å². The van der Waals surface area contributed by atoms with Crippen LogP contribution in [0.25, 0.3) is 11.0 Å². The molecular formula is C25H26N6O4. The number of aromatic nitrogens is 4. The molecule has 1 N–H and O–H groups in total. The van der Waals surface area contributed by atoms with Crippen molar-refractivity contribution in [3.05, 3.63) is 78.6 Å². The molecule has 0 spiro atoms. The number of amides is 2. The number of fused-ring (bicyclic) bond motifs is 1. The van der Waals surface area contributed by atoms with Gasteiger partial charge < -0.3 is 14.8 Å². The van der Waals surface area contributed by atoms with Crippen LogP contribution < -0.4 is 15.0 Å². The number of ether oxygens (including phenoxy) is 2. The molecule has 4 rings (SSSR count). The van der Waals surface area contributed by atoms with Gasteiger partial charge in [-0.15, -0.1) is 5.10 Å². The van der Waals surface area contributed by atoms with Crippen LogP contribution in [0.5, 0.6) is 5.75 Å². The van der Waals surface area contributed by atoms with Crippen LogP contribution in [0.4, 0.5) is 5.69 Å². The number of methoxy groups -OCH3 is 2. The average molecular weight is 475 g/mol. The highest BCUT2D eigenvalue weighted by Crippen LogP contribution is 2.30. The number of para-hydroxylation sites is 1. The van der Waals surface area contributed by atoms with Crippen molar-refractivity contribution in [1.29, 1.82) is 0 Å². The van der Waals surface area contributed by atoms with Gasteiger partial charge in [-0.1, -0.05) is 29.5 Å². The first kappa shape index (κ1) is 23.8. The zero-order chi connectivity index (χ0) is 24.6. The minimum Gasteiger partial charge on any atom is -0.497 e. The zero-order valence-electron chi connectivity index (χ0n) is 19.5. The van der Waals surface area contributed by atoms with Crippen LogP contribution in [0, 0.1) is 0 Å². The van der Waals surface area contributed by atoms with Gasteiger partial charge in [0, 0.05) is 43.4 Å². The summed E-state index contributed by atoms with van der Waals surface area (Å²) in [6.07, 6.45) is 3.19. The van der Waals surface area contributed by atoms with Crippen molar-refractivity contribution in [3.63, 3.8) is 0 Å². The molecule has 0 saturated heterocycles. The van der Waals surface area contributed by atoms with Crippen molar-refractivity contribution < 1.29 is 19.1 Å². The maximum atomic E-state index is 13.9. The molecule has 10 heteroatoms. The highest BCUT2D eigenvalue weighted by atomic mass is 16.5. The molecule has 0 fully saturated rings. The van der Waals surface area contributed by atoms with Gasteiger partial charge in [-0.25, -0.2) is 4.68 Å². The van der Waals surface area contributed by atoms with Crippen molar-refractivity contribution >= 4 is 28.5 Å². The number of nitrogens with zero attached hydrogens (tertiary/aromatic N) is 5. The number of hydrogen-bond acceptors (Lipinski definition) is 7. The van der Waals surface area contributed by atoms with E-state index in [1.807, 2.05) is 24.3 Å². The Kier molecular flexibility index (Phi) is 7.63. The standard InChI is InChI=1S/C25H26N6O4/c1-34-14-13-27-25(33)24(18-7-6-12-26-16-18)31(19-8-5-9-20(15-19)35-2)23(32)17-30-22-11-4-3-10-21(22)28-29-30/h3-12,15-16,24H,13-14,17H2,1-2H3,(H,27,33). The van der Waals surface area contributed by atoms with Crippen LogP contribution >= 0.6 is 0 Å². The number of nitrogens with one attached hydrogen (secondary N) is 1. The third kappa shape index (κ3) is 5.44. The third-order valence-corrected chi connectivity index (χ3v) is 5.42. The Hall–Kier alpha value is -4.31. The van der Waals surface area contributed by atoms with E-state index < -0.39 is 6.04 Å². The van der Waals surface area contributed by atoms with Gasteiger partial charge in [-0.2, -0.15) is 0 Å². The second-order valence-corrected chi connectivity index (χ2v) is 7.67. The first-order valence-corrected chi connectivity index (χ1v) is 11.0. The maximum absolute atomic E-state index is 13.9. The molecule has 35 heavy (non-hydrogen) atoms.